The second-order valence-electron chi connectivity index (χ2n) is 2.92. The summed E-state index contributed by atoms with van der Waals surface area (Å²) in [5, 5.41) is 2.58. The van der Waals surface area contributed by atoms with Crippen LogP contribution < -0.4 is 5.32 Å². The van der Waals surface area contributed by atoms with Gasteiger partial charge in [-0.05, 0) is 19.1 Å². The zero-order valence-corrected chi connectivity index (χ0v) is 7.67. The molecule has 1 unspecified atom stereocenters. The lowest BCUT2D eigenvalue weighted by Crippen LogP contribution is -2.25. The van der Waals surface area contributed by atoms with E-state index in [0.29, 0.717) is 5.69 Å². The molecule has 2 nitrogen and oxygen atoms in total. The van der Waals surface area contributed by atoms with Crippen molar-refractivity contribution in [2.24, 2.45) is 0 Å². The number of nitrogens with one attached hydrogen (secondary N) is 1. The molecule has 0 radical (unpaired) electrons. The van der Waals surface area contributed by atoms with Gasteiger partial charge in [-0.1, -0.05) is 0 Å². The molecular weight excluding hydrogens is 193 g/mol. The van der Waals surface area contributed by atoms with Crippen LogP contribution in [0, 0.1) is 5.82 Å². The Bertz CT molecular complexity index is 274. The Morgan fingerprint density at radius 1 is 1.43 bits per heavy atom. The van der Waals surface area contributed by atoms with E-state index in [0.717, 1.165) is 6.20 Å². The third-order valence-corrected chi connectivity index (χ3v) is 1.77. The van der Waals surface area contributed by atoms with E-state index in [4.69, 9.17) is 0 Å². The summed E-state index contributed by atoms with van der Waals surface area (Å²) in [4.78, 5) is 3.77. The quantitative estimate of drug-likeness (QED) is 0.812. The zero-order chi connectivity index (χ0) is 10.6. The van der Waals surface area contributed by atoms with Crippen LogP contribution in [0.5, 0.6) is 0 Å². The van der Waals surface area contributed by atoms with Crippen LogP contribution in [0.4, 0.5) is 13.2 Å². The van der Waals surface area contributed by atoms with Crippen molar-refractivity contribution in [3.8, 4) is 0 Å². The van der Waals surface area contributed by atoms with Crippen LogP contribution in [0.15, 0.2) is 18.3 Å². The molecule has 1 rings (SSSR count). The van der Waals surface area contributed by atoms with Crippen LogP contribution in [-0.4, -0.2) is 18.0 Å². The Morgan fingerprint density at radius 3 is 2.64 bits per heavy atom. The van der Waals surface area contributed by atoms with Gasteiger partial charge in [0.2, 0.25) is 0 Å². The lowest BCUT2D eigenvalue weighted by atomic mass is 10.2. The molecule has 0 saturated carbocycles. The van der Waals surface area contributed by atoms with Gasteiger partial charge in [-0.25, -0.2) is 13.2 Å². The molecule has 0 saturated heterocycles. The number of pyridine rings is 1. The van der Waals surface area contributed by atoms with Gasteiger partial charge in [-0.2, -0.15) is 0 Å². The second-order valence-corrected chi connectivity index (χ2v) is 2.92. The van der Waals surface area contributed by atoms with Crippen molar-refractivity contribution in [2.75, 3.05) is 6.54 Å². The molecule has 0 bridgehead atoms. The number of hydrogen-bond acceptors (Lipinski definition) is 2. The van der Waals surface area contributed by atoms with Crippen LogP contribution in [0.1, 0.15) is 18.7 Å². The summed E-state index contributed by atoms with van der Waals surface area (Å²) in [6.07, 6.45) is -1.33. The van der Waals surface area contributed by atoms with Gasteiger partial charge in [0.05, 0.1) is 18.4 Å². The highest BCUT2D eigenvalue weighted by atomic mass is 19.3. The lowest BCUT2D eigenvalue weighted by molar-refractivity contribution is 0.142. The maximum Gasteiger partial charge on any atom is 0.250 e. The van der Waals surface area contributed by atoms with Crippen molar-refractivity contribution in [1.29, 1.82) is 0 Å². The van der Waals surface area contributed by atoms with Crippen LogP contribution in [0.2, 0.25) is 0 Å². The number of hydrogen-bond donors (Lipinski definition) is 1. The van der Waals surface area contributed by atoms with Crippen LogP contribution in [0.3, 0.4) is 0 Å². The molecule has 0 aliphatic rings. The summed E-state index contributed by atoms with van der Waals surface area (Å²) in [7, 11) is 0. The molecule has 0 amide bonds. The summed E-state index contributed by atoms with van der Waals surface area (Å²) >= 11 is 0. The first kappa shape index (κ1) is 11.0. The zero-order valence-electron chi connectivity index (χ0n) is 7.67. The third-order valence-electron chi connectivity index (χ3n) is 1.77. The molecule has 1 aromatic heterocycles. The maximum atomic E-state index is 12.5. The first-order chi connectivity index (χ1) is 6.59. The van der Waals surface area contributed by atoms with Crippen molar-refractivity contribution in [3.63, 3.8) is 0 Å². The fourth-order valence-corrected chi connectivity index (χ4v) is 1.01. The Morgan fingerprint density at radius 2 is 2.14 bits per heavy atom. The monoisotopic (exact) mass is 204 g/mol. The highest BCUT2D eigenvalue weighted by molar-refractivity contribution is 5.08. The molecule has 0 fully saturated rings. The molecule has 1 N–H and O–H groups in total. The summed E-state index contributed by atoms with van der Waals surface area (Å²) in [5.41, 5.74) is 0.548. The molecule has 0 spiro atoms. The number of alkyl halides is 2. The van der Waals surface area contributed by atoms with E-state index in [2.05, 4.69) is 10.3 Å². The van der Waals surface area contributed by atoms with Crippen LogP contribution >= 0.6 is 0 Å². The fraction of sp³-hybridized carbons (Fsp3) is 0.444. The van der Waals surface area contributed by atoms with Gasteiger partial charge in [-0.3, -0.25) is 4.98 Å². The topological polar surface area (TPSA) is 24.9 Å². The number of aromatic nitrogens is 1. The molecule has 0 aliphatic carbocycles. The molecule has 1 aromatic rings. The normalized spacial score (nSPS) is 13.2. The van der Waals surface area contributed by atoms with Gasteiger partial charge >= 0.3 is 0 Å². The largest absolute Gasteiger partial charge is 0.303 e. The lowest BCUT2D eigenvalue weighted by Gasteiger charge is -2.12. The highest BCUT2D eigenvalue weighted by Gasteiger charge is 2.09. The van der Waals surface area contributed by atoms with E-state index in [-0.39, 0.29) is 12.6 Å². The number of halogens is 3. The summed E-state index contributed by atoms with van der Waals surface area (Å²) in [6.45, 7) is 1.31. The third kappa shape index (κ3) is 3.33. The van der Waals surface area contributed by atoms with E-state index in [1.165, 1.54) is 12.1 Å². The standard InChI is InChI=1S/C9H11F3N2/c1-6(13-5-9(11)12)8-3-2-7(10)4-14-8/h2-4,6,9,13H,5H2,1H3. The van der Waals surface area contributed by atoms with Crippen LogP contribution in [-0.2, 0) is 0 Å². The molecule has 1 heterocycles. The second kappa shape index (κ2) is 4.95. The average Bonchev–Trinajstić information content (AvgIpc) is 2.15. The Hall–Kier alpha value is -1.10. The van der Waals surface area contributed by atoms with E-state index in [1.54, 1.807) is 6.92 Å². The smallest absolute Gasteiger partial charge is 0.250 e. The molecule has 1 atom stereocenters. The average molecular weight is 204 g/mol. The van der Waals surface area contributed by atoms with Gasteiger partial charge in [0.25, 0.3) is 6.43 Å². The summed E-state index contributed by atoms with van der Waals surface area (Å²) in [5.74, 6) is -0.435. The van der Waals surface area contributed by atoms with Gasteiger partial charge in [0, 0.05) is 6.04 Å². The molecule has 78 valence electrons. The molecular formula is C9H11F3N2. The van der Waals surface area contributed by atoms with Crippen molar-refractivity contribution in [2.45, 2.75) is 19.4 Å². The molecule has 0 aliphatic heterocycles. The molecule has 14 heavy (non-hydrogen) atoms. The van der Waals surface area contributed by atoms with Gasteiger partial charge in [-0.15, -0.1) is 0 Å². The minimum absolute atomic E-state index is 0.301. The van der Waals surface area contributed by atoms with E-state index >= 15 is 0 Å². The van der Waals surface area contributed by atoms with Crippen molar-refractivity contribution >= 4 is 0 Å². The van der Waals surface area contributed by atoms with Crippen molar-refractivity contribution < 1.29 is 13.2 Å². The van der Waals surface area contributed by atoms with E-state index in [9.17, 15) is 13.2 Å². The molecule has 5 heteroatoms. The van der Waals surface area contributed by atoms with E-state index < -0.39 is 12.2 Å². The first-order valence-corrected chi connectivity index (χ1v) is 4.22. The van der Waals surface area contributed by atoms with Gasteiger partial charge in [0.15, 0.2) is 0 Å². The predicted octanol–water partition coefficient (Wildman–Crippen LogP) is 2.14. The Labute approximate surface area is 80.2 Å². The van der Waals surface area contributed by atoms with Gasteiger partial charge < -0.3 is 5.32 Å². The first-order valence-electron chi connectivity index (χ1n) is 4.22. The predicted molar refractivity (Wildman–Crippen MR) is 46.6 cm³/mol. The minimum Gasteiger partial charge on any atom is -0.303 e. The SMILES string of the molecule is CC(NCC(F)F)c1ccc(F)cn1. The van der Waals surface area contributed by atoms with Crippen LogP contribution in [0.25, 0.3) is 0 Å². The van der Waals surface area contributed by atoms with E-state index in [1.807, 2.05) is 0 Å². The Kier molecular flexibility index (Phi) is 3.88. The molecule has 0 aromatic carbocycles. The van der Waals surface area contributed by atoms with Crippen molar-refractivity contribution in [3.05, 3.63) is 29.8 Å². The van der Waals surface area contributed by atoms with Gasteiger partial charge in [0.1, 0.15) is 5.82 Å². The fourth-order valence-electron chi connectivity index (χ4n) is 1.01. The maximum absolute atomic E-state index is 12.5. The summed E-state index contributed by atoms with van der Waals surface area (Å²) < 4.78 is 36.1. The highest BCUT2D eigenvalue weighted by Crippen LogP contribution is 2.09. The number of nitrogens with zero attached hydrogens (tertiary/aromatic N) is 1. The summed E-state index contributed by atoms with van der Waals surface area (Å²) in [6, 6.07) is 2.42. The number of rotatable bonds is 4. The minimum atomic E-state index is -2.39. The Balaban J connectivity index is 2.52. The van der Waals surface area contributed by atoms with Crippen molar-refractivity contribution in [1.82, 2.24) is 10.3 Å².